The monoisotopic (exact) mass is 405 g/mol. The third-order valence-electron chi connectivity index (χ3n) is 3.44. The molecule has 1 atom stereocenters. The molecule has 1 amide bonds. The van der Waals surface area contributed by atoms with Crippen molar-refractivity contribution in [3.8, 4) is 11.4 Å². The second-order valence-electron chi connectivity index (χ2n) is 5.30. The molecule has 134 valence electrons. The van der Waals surface area contributed by atoms with Gasteiger partial charge in [-0.15, -0.1) is 28.1 Å². The van der Waals surface area contributed by atoms with Crippen LogP contribution in [0.5, 0.6) is 0 Å². The zero-order chi connectivity index (χ0) is 18.5. The standard InChI is InChI=1S/C17H16ClN5OS2/c1-3-9-23-14(12-4-6-13(18)7-5-12)21-22-17(23)26-11(2)15(24)20-16-19-8-10-25-16/h3-8,10-11H,1,9H2,2H3,(H,19,20,24). The van der Waals surface area contributed by atoms with E-state index in [1.807, 2.05) is 29.0 Å². The first kappa shape index (κ1) is 18.6. The van der Waals surface area contributed by atoms with Crippen LogP contribution >= 0.6 is 34.7 Å². The topological polar surface area (TPSA) is 72.7 Å². The highest BCUT2D eigenvalue weighted by molar-refractivity contribution is 8.00. The maximum atomic E-state index is 12.3. The molecule has 0 saturated heterocycles. The molecule has 2 heterocycles. The molecule has 1 N–H and O–H groups in total. The SMILES string of the molecule is C=CCn1c(SC(C)C(=O)Nc2nccs2)nnc1-c1ccc(Cl)cc1. The molecule has 6 nitrogen and oxygen atoms in total. The number of aromatic nitrogens is 4. The lowest BCUT2D eigenvalue weighted by Gasteiger charge is -2.12. The number of anilines is 1. The van der Waals surface area contributed by atoms with Crippen LogP contribution in [0.1, 0.15) is 6.92 Å². The van der Waals surface area contributed by atoms with E-state index in [2.05, 4.69) is 27.1 Å². The first-order valence-electron chi connectivity index (χ1n) is 7.75. The van der Waals surface area contributed by atoms with E-state index in [9.17, 15) is 4.79 Å². The van der Waals surface area contributed by atoms with Crippen molar-refractivity contribution in [1.29, 1.82) is 0 Å². The number of nitrogens with one attached hydrogen (secondary N) is 1. The highest BCUT2D eigenvalue weighted by atomic mass is 35.5. The van der Waals surface area contributed by atoms with E-state index in [1.165, 1.54) is 23.1 Å². The van der Waals surface area contributed by atoms with E-state index < -0.39 is 0 Å². The Morgan fingerprint density at radius 1 is 1.42 bits per heavy atom. The first-order valence-corrected chi connectivity index (χ1v) is 9.89. The number of benzene rings is 1. The summed E-state index contributed by atoms with van der Waals surface area (Å²) in [5.74, 6) is 0.572. The minimum absolute atomic E-state index is 0.133. The highest BCUT2D eigenvalue weighted by Crippen LogP contribution is 2.28. The highest BCUT2D eigenvalue weighted by Gasteiger charge is 2.21. The van der Waals surface area contributed by atoms with E-state index in [1.54, 1.807) is 24.4 Å². The molecule has 26 heavy (non-hydrogen) atoms. The van der Waals surface area contributed by atoms with Crippen LogP contribution in [0.4, 0.5) is 5.13 Å². The third-order valence-corrected chi connectivity index (χ3v) is 5.47. The minimum Gasteiger partial charge on any atom is -0.301 e. The summed E-state index contributed by atoms with van der Waals surface area (Å²) >= 11 is 8.67. The van der Waals surface area contributed by atoms with Crippen molar-refractivity contribution in [3.05, 3.63) is 53.5 Å². The molecule has 0 aliphatic rings. The van der Waals surface area contributed by atoms with Crippen LogP contribution < -0.4 is 5.32 Å². The smallest absolute Gasteiger partial charge is 0.239 e. The van der Waals surface area contributed by atoms with Gasteiger partial charge in [-0.3, -0.25) is 9.36 Å². The number of halogens is 1. The van der Waals surface area contributed by atoms with Crippen molar-refractivity contribution in [2.75, 3.05) is 5.32 Å². The number of thioether (sulfide) groups is 1. The molecule has 0 spiro atoms. The van der Waals surface area contributed by atoms with Gasteiger partial charge in [0.15, 0.2) is 16.1 Å². The van der Waals surface area contributed by atoms with Crippen LogP contribution in [0.25, 0.3) is 11.4 Å². The average Bonchev–Trinajstić information content (AvgIpc) is 3.27. The van der Waals surface area contributed by atoms with Crippen molar-refractivity contribution in [1.82, 2.24) is 19.7 Å². The minimum atomic E-state index is -0.357. The molecule has 0 aliphatic heterocycles. The zero-order valence-corrected chi connectivity index (χ0v) is 16.3. The van der Waals surface area contributed by atoms with Crippen molar-refractivity contribution in [2.45, 2.75) is 23.9 Å². The summed E-state index contributed by atoms with van der Waals surface area (Å²) in [5.41, 5.74) is 0.899. The summed E-state index contributed by atoms with van der Waals surface area (Å²) in [4.78, 5) is 16.4. The number of allylic oxidation sites excluding steroid dienone is 1. The van der Waals surface area contributed by atoms with Gasteiger partial charge in [-0.05, 0) is 31.2 Å². The van der Waals surface area contributed by atoms with Crippen molar-refractivity contribution in [2.24, 2.45) is 0 Å². The summed E-state index contributed by atoms with van der Waals surface area (Å²) in [5, 5.41) is 14.7. The second-order valence-corrected chi connectivity index (χ2v) is 7.94. The van der Waals surface area contributed by atoms with Gasteiger partial charge in [0.2, 0.25) is 5.91 Å². The molecule has 0 fully saturated rings. The fourth-order valence-corrected chi connectivity index (χ4v) is 3.70. The fraction of sp³-hybridized carbons (Fsp3) is 0.176. The fourth-order valence-electron chi connectivity index (χ4n) is 2.19. The Hall–Kier alpha value is -2.16. The predicted molar refractivity (Wildman–Crippen MR) is 107 cm³/mol. The van der Waals surface area contributed by atoms with E-state index in [0.717, 1.165) is 5.56 Å². The Morgan fingerprint density at radius 3 is 2.85 bits per heavy atom. The van der Waals surface area contributed by atoms with Crippen LogP contribution in [-0.2, 0) is 11.3 Å². The van der Waals surface area contributed by atoms with Crippen molar-refractivity contribution in [3.63, 3.8) is 0 Å². The zero-order valence-electron chi connectivity index (χ0n) is 13.9. The van der Waals surface area contributed by atoms with E-state index in [-0.39, 0.29) is 11.2 Å². The van der Waals surface area contributed by atoms with Gasteiger partial charge < -0.3 is 5.32 Å². The lowest BCUT2D eigenvalue weighted by molar-refractivity contribution is -0.115. The van der Waals surface area contributed by atoms with Gasteiger partial charge in [-0.1, -0.05) is 29.4 Å². The molecule has 0 radical (unpaired) electrons. The number of amides is 1. The molecule has 0 saturated carbocycles. The molecule has 3 aromatic rings. The Kier molecular flexibility index (Phi) is 6.08. The summed E-state index contributed by atoms with van der Waals surface area (Å²) in [6, 6.07) is 7.39. The maximum absolute atomic E-state index is 12.3. The molecule has 1 unspecified atom stereocenters. The van der Waals surface area contributed by atoms with Crippen LogP contribution in [0, 0.1) is 0 Å². The van der Waals surface area contributed by atoms with Crippen LogP contribution in [0.3, 0.4) is 0 Å². The molecule has 0 bridgehead atoms. The quantitative estimate of drug-likeness (QED) is 0.467. The van der Waals surface area contributed by atoms with Gasteiger partial charge in [0.05, 0.1) is 5.25 Å². The van der Waals surface area contributed by atoms with Gasteiger partial charge in [-0.2, -0.15) is 0 Å². The van der Waals surface area contributed by atoms with Gasteiger partial charge in [0, 0.05) is 28.7 Å². The Balaban J connectivity index is 1.79. The van der Waals surface area contributed by atoms with Gasteiger partial charge in [0.1, 0.15) is 0 Å². The normalized spacial score (nSPS) is 11.9. The number of hydrogen-bond donors (Lipinski definition) is 1. The lowest BCUT2D eigenvalue weighted by atomic mass is 10.2. The van der Waals surface area contributed by atoms with Gasteiger partial charge in [0.25, 0.3) is 0 Å². The molecule has 0 aliphatic carbocycles. The maximum Gasteiger partial charge on any atom is 0.239 e. The summed E-state index contributed by atoms with van der Waals surface area (Å²) in [6.07, 6.45) is 3.42. The molecular weight excluding hydrogens is 390 g/mol. The first-order chi connectivity index (χ1) is 12.6. The molecule has 9 heteroatoms. The van der Waals surface area contributed by atoms with Crippen molar-refractivity contribution >= 4 is 45.7 Å². The number of nitrogens with zero attached hydrogens (tertiary/aromatic N) is 4. The molecular formula is C17H16ClN5OS2. The number of carbonyl (C=O) groups excluding carboxylic acids is 1. The predicted octanol–water partition coefficient (Wildman–Crippen LogP) is 4.36. The van der Waals surface area contributed by atoms with Gasteiger partial charge >= 0.3 is 0 Å². The average molecular weight is 406 g/mol. The van der Waals surface area contributed by atoms with Crippen LogP contribution in [0.15, 0.2) is 53.7 Å². The number of thiazole rings is 1. The van der Waals surface area contributed by atoms with Crippen LogP contribution in [0.2, 0.25) is 5.02 Å². The number of hydrogen-bond acceptors (Lipinski definition) is 6. The van der Waals surface area contributed by atoms with E-state index in [0.29, 0.717) is 27.7 Å². The number of rotatable bonds is 7. The second kappa shape index (κ2) is 8.48. The Bertz CT molecular complexity index is 893. The van der Waals surface area contributed by atoms with Crippen molar-refractivity contribution < 1.29 is 4.79 Å². The number of carbonyl (C=O) groups is 1. The molecule has 2 aromatic heterocycles. The summed E-state index contributed by atoms with van der Waals surface area (Å²) in [7, 11) is 0. The Labute approximate surface area is 164 Å². The largest absolute Gasteiger partial charge is 0.301 e. The lowest BCUT2D eigenvalue weighted by Crippen LogP contribution is -2.22. The van der Waals surface area contributed by atoms with Gasteiger partial charge in [-0.25, -0.2) is 4.98 Å². The third kappa shape index (κ3) is 4.32. The molecule has 1 aromatic carbocycles. The summed E-state index contributed by atoms with van der Waals surface area (Å²) in [6.45, 7) is 6.15. The van der Waals surface area contributed by atoms with E-state index in [4.69, 9.17) is 11.6 Å². The van der Waals surface area contributed by atoms with Crippen LogP contribution in [-0.4, -0.2) is 30.9 Å². The van der Waals surface area contributed by atoms with E-state index >= 15 is 0 Å². The Morgan fingerprint density at radius 2 is 2.19 bits per heavy atom. The summed E-state index contributed by atoms with van der Waals surface area (Å²) < 4.78 is 1.92. The molecule has 3 rings (SSSR count).